The van der Waals surface area contributed by atoms with Crippen LogP contribution >= 0.6 is 0 Å². The Bertz CT molecular complexity index is 937. The van der Waals surface area contributed by atoms with Crippen LogP contribution in [0, 0.1) is 11.8 Å². The lowest BCUT2D eigenvalue weighted by atomic mass is 10.2. The predicted octanol–water partition coefficient (Wildman–Crippen LogP) is 0.365. The normalized spacial score (nSPS) is 16.9. The summed E-state index contributed by atoms with van der Waals surface area (Å²) < 4.78 is 9.90. The van der Waals surface area contributed by atoms with Crippen molar-refractivity contribution in [1.82, 2.24) is 23.6 Å². The molecule has 0 amide bonds. The molecule has 0 radical (unpaired) electrons. The molecule has 2 aromatic heterocycles. The number of hydrogen-bond donors (Lipinski definition) is 1. The van der Waals surface area contributed by atoms with Crippen LogP contribution in [0.3, 0.4) is 0 Å². The fraction of sp³-hybridized carbons (Fsp3) is 0.750. The number of ether oxygens (including phenoxy) is 1. The number of hydrogen-bond acceptors (Lipinski definition) is 6. The molecule has 1 aliphatic heterocycles. The molecule has 1 unspecified atom stereocenters. The topological polar surface area (TPSA) is 94.5 Å². The Morgan fingerprint density at radius 1 is 1.00 bits per heavy atom. The largest absolute Gasteiger partial charge is 0.390 e. The minimum absolute atomic E-state index is 0.0318. The van der Waals surface area contributed by atoms with Crippen molar-refractivity contribution in [2.45, 2.75) is 53.4 Å². The van der Waals surface area contributed by atoms with E-state index < -0.39 is 11.8 Å². The van der Waals surface area contributed by atoms with Crippen LogP contribution < -0.4 is 11.2 Å². The summed E-state index contributed by atoms with van der Waals surface area (Å²) in [5.41, 5.74) is 0.0574. The maximum Gasteiger partial charge on any atom is 0.332 e. The van der Waals surface area contributed by atoms with Gasteiger partial charge in [-0.05, 0) is 11.8 Å². The fourth-order valence-corrected chi connectivity index (χ4v) is 3.81. The first kappa shape index (κ1) is 21.7. The van der Waals surface area contributed by atoms with Gasteiger partial charge in [0.2, 0.25) is 0 Å². The molecule has 1 atom stereocenters. The van der Waals surface area contributed by atoms with Crippen molar-refractivity contribution in [3.8, 4) is 0 Å². The molecule has 0 aliphatic carbocycles. The Balaban J connectivity index is 2.00. The second kappa shape index (κ2) is 9.23. The molecule has 29 heavy (non-hydrogen) atoms. The van der Waals surface area contributed by atoms with Crippen molar-refractivity contribution in [2.75, 3.05) is 32.8 Å². The number of morpholine rings is 1. The van der Waals surface area contributed by atoms with Gasteiger partial charge in [-0.2, -0.15) is 0 Å². The van der Waals surface area contributed by atoms with Gasteiger partial charge in [-0.1, -0.05) is 27.7 Å². The van der Waals surface area contributed by atoms with Crippen LogP contribution in [0.25, 0.3) is 11.2 Å². The fourth-order valence-electron chi connectivity index (χ4n) is 3.81. The third kappa shape index (κ3) is 4.96. The van der Waals surface area contributed by atoms with E-state index in [9.17, 15) is 14.7 Å². The summed E-state index contributed by atoms with van der Waals surface area (Å²) >= 11 is 0. The first-order valence-electron chi connectivity index (χ1n) is 10.4. The molecule has 9 nitrogen and oxygen atoms in total. The van der Waals surface area contributed by atoms with Crippen LogP contribution in [-0.4, -0.2) is 67.6 Å². The standard InChI is InChI=1S/C20H33N5O4/c1-14(2)9-23-13-21-18-17(23)19(27)25(20(28)24(18)10-15(3)4)12-16(26)11-22-5-7-29-8-6-22/h13-16,26H,5-12H2,1-4H3. The van der Waals surface area contributed by atoms with E-state index in [1.165, 1.54) is 4.57 Å². The van der Waals surface area contributed by atoms with Crippen molar-refractivity contribution in [3.05, 3.63) is 27.2 Å². The van der Waals surface area contributed by atoms with Crippen LogP contribution in [0.5, 0.6) is 0 Å². The molecule has 1 N–H and O–H groups in total. The molecular weight excluding hydrogens is 374 g/mol. The molecule has 0 bridgehead atoms. The van der Waals surface area contributed by atoms with Crippen molar-refractivity contribution in [1.29, 1.82) is 0 Å². The van der Waals surface area contributed by atoms with E-state index in [0.717, 1.165) is 13.1 Å². The van der Waals surface area contributed by atoms with Crippen LogP contribution in [0.4, 0.5) is 0 Å². The molecule has 0 saturated carbocycles. The lowest BCUT2D eigenvalue weighted by Crippen LogP contribution is -2.47. The van der Waals surface area contributed by atoms with Gasteiger partial charge in [0.1, 0.15) is 0 Å². The average Bonchev–Trinajstić information content (AvgIpc) is 3.06. The summed E-state index contributed by atoms with van der Waals surface area (Å²) in [4.78, 5) is 32.8. The summed E-state index contributed by atoms with van der Waals surface area (Å²) in [7, 11) is 0. The minimum atomic E-state index is -0.815. The summed E-state index contributed by atoms with van der Waals surface area (Å²) in [5.74, 6) is 0.549. The Kier molecular flexibility index (Phi) is 6.92. The highest BCUT2D eigenvalue weighted by Crippen LogP contribution is 2.11. The third-order valence-corrected chi connectivity index (χ3v) is 5.06. The van der Waals surface area contributed by atoms with E-state index in [4.69, 9.17) is 4.74 Å². The van der Waals surface area contributed by atoms with Crippen molar-refractivity contribution in [2.24, 2.45) is 11.8 Å². The molecule has 1 fully saturated rings. The molecule has 0 aromatic carbocycles. The Labute approximate surface area is 170 Å². The molecule has 1 saturated heterocycles. The molecule has 9 heteroatoms. The van der Waals surface area contributed by atoms with Gasteiger partial charge >= 0.3 is 5.69 Å². The van der Waals surface area contributed by atoms with E-state index in [0.29, 0.717) is 49.9 Å². The quantitative estimate of drug-likeness (QED) is 0.679. The zero-order valence-electron chi connectivity index (χ0n) is 17.9. The first-order chi connectivity index (χ1) is 13.8. The first-order valence-corrected chi connectivity index (χ1v) is 10.4. The summed E-state index contributed by atoms with van der Waals surface area (Å²) in [6.07, 6.45) is 0.821. The van der Waals surface area contributed by atoms with Gasteiger partial charge in [0.05, 0.1) is 32.2 Å². The number of imidazole rings is 1. The lowest BCUT2D eigenvalue weighted by molar-refractivity contribution is 0.0110. The summed E-state index contributed by atoms with van der Waals surface area (Å²) in [5, 5.41) is 10.6. The van der Waals surface area contributed by atoms with Gasteiger partial charge in [-0.3, -0.25) is 18.8 Å². The molecule has 3 heterocycles. The second-order valence-electron chi connectivity index (χ2n) is 8.73. The summed E-state index contributed by atoms with van der Waals surface area (Å²) in [6.45, 7) is 12.4. The second-order valence-corrected chi connectivity index (χ2v) is 8.73. The lowest BCUT2D eigenvalue weighted by Gasteiger charge is -2.28. The molecule has 1 aliphatic rings. The molecule has 0 spiro atoms. The van der Waals surface area contributed by atoms with Gasteiger partial charge in [0, 0.05) is 32.7 Å². The van der Waals surface area contributed by atoms with Crippen LogP contribution in [-0.2, 0) is 24.4 Å². The number of aliphatic hydroxyl groups excluding tert-OH is 1. The highest BCUT2D eigenvalue weighted by atomic mass is 16.5. The van der Waals surface area contributed by atoms with Gasteiger partial charge < -0.3 is 14.4 Å². The van der Waals surface area contributed by atoms with Gasteiger partial charge in [-0.15, -0.1) is 0 Å². The van der Waals surface area contributed by atoms with Crippen LogP contribution in [0.1, 0.15) is 27.7 Å². The predicted molar refractivity (Wildman–Crippen MR) is 111 cm³/mol. The Morgan fingerprint density at radius 2 is 1.66 bits per heavy atom. The molecular formula is C20H33N5O4. The number of aliphatic hydroxyl groups is 1. The van der Waals surface area contributed by atoms with Crippen molar-refractivity contribution < 1.29 is 9.84 Å². The van der Waals surface area contributed by atoms with E-state index >= 15 is 0 Å². The van der Waals surface area contributed by atoms with Gasteiger partial charge in [0.15, 0.2) is 11.2 Å². The molecule has 3 rings (SSSR count). The summed E-state index contributed by atoms with van der Waals surface area (Å²) in [6, 6.07) is 0. The highest BCUT2D eigenvalue weighted by molar-refractivity contribution is 5.70. The van der Waals surface area contributed by atoms with Crippen molar-refractivity contribution in [3.63, 3.8) is 0 Å². The SMILES string of the molecule is CC(C)Cn1cnc2c1c(=O)n(CC(O)CN1CCOCC1)c(=O)n2CC(C)C. The number of rotatable bonds is 8. The molecule has 2 aromatic rings. The maximum absolute atomic E-state index is 13.2. The minimum Gasteiger partial charge on any atom is -0.390 e. The van der Waals surface area contributed by atoms with Crippen LogP contribution in [0.2, 0.25) is 0 Å². The monoisotopic (exact) mass is 407 g/mol. The van der Waals surface area contributed by atoms with E-state index in [-0.39, 0.29) is 18.0 Å². The average molecular weight is 408 g/mol. The Morgan fingerprint density at radius 3 is 2.28 bits per heavy atom. The number of β-amino-alcohol motifs (C(OH)–C–C–N with tert-alkyl or cyclic N) is 1. The third-order valence-electron chi connectivity index (χ3n) is 5.06. The van der Waals surface area contributed by atoms with E-state index in [1.54, 1.807) is 10.9 Å². The molecule has 162 valence electrons. The number of fused-ring (bicyclic) bond motifs is 1. The smallest absolute Gasteiger partial charge is 0.332 e. The van der Waals surface area contributed by atoms with E-state index in [1.807, 2.05) is 18.4 Å². The van der Waals surface area contributed by atoms with Crippen molar-refractivity contribution >= 4 is 11.2 Å². The van der Waals surface area contributed by atoms with Crippen LogP contribution in [0.15, 0.2) is 15.9 Å². The maximum atomic E-state index is 13.2. The zero-order chi connectivity index (χ0) is 21.1. The highest BCUT2D eigenvalue weighted by Gasteiger charge is 2.22. The zero-order valence-corrected chi connectivity index (χ0v) is 17.9. The number of nitrogens with zero attached hydrogens (tertiary/aromatic N) is 5. The van der Waals surface area contributed by atoms with Gasteiger partial charge in [0.25, 0.3) is 5.56 Å². The van der Waals surface area contributed by atoms with E-state index in [2.05, 4.69) is 23.7 Å². The van der Waals surface area contributed by atoms with Gasteiger partial charge in [-0.25, -0.2) is 9.78 Å². The Hall–Kier alpha value is -1.97. The number of aromatic nitrogens is 4.